The van der Waals surface area contributed by atoms with E-state index in [-0.39, 0.29) is 12.1 Å². The SMILES string of the molecule is COc1cc(NC(=O)Nc2ccc(-c3ccc(CN4CCOCC4)nc3)c3ccccc23)cc(OC)c1.COc1ccc(Cl)cc1NC(=O)Nc1ccc(-c2ccc(CN3CCOCC3)nc2)c2ccccc12. The van der Waals surface area contributed by atoms with Gasteiger partial charge in [-0.2, -0.15) is 0 Å². The van der Waals surface area contributed by atoms with Crippen LogP contribution in [0.5, 0.6) is 17.2 Å². The van der Waals surface area contributed by atoms with Crippen molar-refractivity contribution in [1.29, 1.82) is 0 Å². The van der Waals surface area contributed by atoms with Crippen LogP contribution in [0, 0.1) is 0 Å². The molecule has 2 aliphatic rings. The number of nitrogens with zero attached hydrogens (tertiary/aromatic N) is 4. The Morgan fingerprint density at radius 2 is 0.986 bits per heavy atom. The molecule has 16 heteroatoms. The van der Waals surface area contributed by atoms with E-state index in [4.69, 9.17) is 45.3 Å². The van der Waals surface area contributed by atoms with Crippen molar-refractivity contribution >= 4 is 68.0 Å². The van der Waals surface area contributed by atoms with Gasteiger partial charge in [-0.05, 0) is 64.4 Å². The van der Waals surface area contributed by atoms with Gasteiger partial charge in [0.25, 0.3) is 0 Å². The van der Waals surface area contributed by atoms with Crippen LogP contribution in [-0.4, -0.2) is 106 Å². The quantitative estimate of drug-likeness (QED) is 0.0870. The summed E-state index contributed by atoms with van der Waals surface area (Å²) in [7, 11) is 4.68. The lowest BCUT2D eigenvalue weighted by molar-refractivity contribution is 0.0336. The molecule has 4 amide bonds. The fourth-order valence-electron chi connectivity index (χ4n) is 8.87. The van der Waals surface area contributed by atoms with Crippen molar-refractivity contribution in [2.45, 2.75) is 13.1 Å². The van der Waals surface area contributed by atoms with E-state index in [1.165, 1.54) is 0 Å². The first-order chi connectivity index (χ1) is 35.7. The van der Waals surface area contributed by atoms with Gasteiger partial charge in [0.05, 0.1) is 76.2 Å². The fraction of sp³-hybridized carbons (Fsp3) is 0.228. The molecule has 0 unspecified atom stereocenters. The minimum atomic E-state index is -0.386. The van der Waals surface area contributed by atoms with Crippen molar-refractivity contribution in [3.63, 3.8) is 0 Å². The minimum absolute atomic E-state index is 0.359. The van der Waals surface area contributed by atoms with Gasteiger partial charge < -0.3 is 45.0 Å². The van der Waals surface area contributed by atoms with Crippen LogP contribution in [0.25, 0.3) is 43.8 Å². The predicted molar refractivity (Wildman–Crippen MR) is 289 cm³/mol. The summed E-state index contributed by atoms with van der Waals surface area (Å²) in [5, 5.41) is 16.1. The highest BCUT2D eigenvalue weighted by molar-refractivity contribution is 6.31. The van der Waals surface area contributed by atoms with E-state index < -0.39 is 0 Å². The van der Waals surface area contributed by atoms with Crippen LogP contribution < -0.4 is 35.5 Å². The number of ether oxygens (including phenoxy) is 5. The molecule has 2 saturated heterocycles. The number of morpholine rings is 2. The summed E-state index contributed by atoms with van der Waals surface area (Å²) in [4.78, 5) is 39.8. The number of carbonyl (C=O) groups is 2. The molecular weight excluding hydrogens is 944 g/mol. The first-order valence-corrected chi connectivity index (χ1v) is 24.4. The van der Waals surface area contributed by atoms with Crippen LogP contribution in [-0.2, 0) is 22.6 Å². The molecule has 10 rings (SSSR count). The van der Waals surface area contributed by atoms with Gasteiger partial charge in [-0.25, -0.2) is 9.59 Å². The number of anilines is 4. The summed E-state index contributed by atoms with van der Waals surface area (Å²) < 4.78 is 26.8. The van der Waals surface area contributed by atoms with Crippen LogP contribution >= 0.6 is 11.6 Å². The Kier molecular flexibility index (Phi) is 16.5. The van der Waals surface area contributed by atoms with Crippen LogP contribution in [0.3, 0.4) is 0 Å². The predicted octanol–water partition coefficient (Wildman–Crippen LogP) is 11.4. The number of methoxy groups -OCH3 is 3. The second-order valence-electron chi connectivity index (χ2n) is 17.4. The van der Waals surface area contributed by atoms with Crippen LogP contribution in [0.1, 0.15) is 11.4 Å². The molecule has 2 aliphatic heterocycles. The smallest absolute Gasteiger partial charge is 0.323 e. The molecule has 374 valence electrons. The van der Waals surface area contributed by atoms with Gasteiger partial charge in [0, 0.05) is 102 Å². The lowest BCUT2D eigenvalue weighted by Gasteiger charge is -2.26. The maximum Gasteiger partial charge on any atom is 0.323 e. The number of nitrogens with one attached hydrogen (secondary N) is 4. The Balaban J connectivity index is 0.000000180. The van der Waals surface area contributed by atoms with Crippen molar-refractivity contribution in [2.24, 2.45) is 0 Å². The molecule has 0 spiro atoms. The van der Waals surface area contributed by atoms with Gasteiger partial charge >= 0.3 is 12.1 Å². The molecule has 73 heavy (non-hydrogen) atoms. The number of carbonyl (C=O) groups excluding carboxylic acids is 2. The molecule has 0 radical (unpaired) electrons. The number of rotatable bonds is 13. The molecular formula is C57H57ClN8O7. The van der Waals surface area contributed by atoms with Crippen LogP contribution in [0.4, 0.5) is 32.3 Å². The lowest BCUT2D eigenvalue weighted by Crippen LogP contribution is -2.35. The van der Waals surface area contributed by atoms with E-state index in [2.05, 4.69) is 67.5 Å². The highest BCUT2D eigenvalue weighted by Gasteiger charge is 2.17. The second-order valence-corrected chi connectivity index (χ2v) is 17.8. The Labute approximate surface area is 429 Å². The Bertz CT molecular complexity index is 3160. The number of urea groups is 2. The zero-order valence-electron chi connectivity index (χ0n) is 41.0. The standard InChI is InChI=1S/C29H30N4O4.C28H27ClN4O3/c1-35-23-15-22(16-24(17-23)36-2)31-29(34)32-28-10-9-25(26-5-3-4-6-27(26)28)20-7-8-21(30-18-20)19-33-11-13-37-14-12-33;1-35-27-11-7-20(29)16-26(27)32-28(34)31-25-10-9-22(23-4-2-3-5-24(23)25)19-6-8-21(30-17-19)18-33-12-14-36-15-13-33/h3-10,15-18H,11-14,19H2,1-2H3,(H2,31,32,34);2-11,16-17H,12-15,18H2,1H3,(H2,31,32,34). The Morgan fingerprint density at radius 3 is 1.44 bits per heavy atom. The van der Waals surface area contributed by atoms with Gasteiger partial charge in [0.15, 0.2) is 0 Å². The van der Waals surface area contributed by atoms with Crippen molar-refractivity contribution in [1.82, 2.24) is 19.8 Å². The molecule has 4 heterocycles. The average molecular weight is 1000 g/mol. The minimum Gasteiger partial charge on any atom is -0.497 e. The van der Waals surface area contributed by atoms with Crippen LogP contribution in [0.2, 0.25) is 5.02 Å². The number of hydrogen-bond acceptors (Lipinski definition) is 11. The summed E-state index contributed by atoms with van der Waals surface area (Å²) in [5.41, 5.74) is 8.72. The first kappa shape index (κ1) is 50.2. The molecule has 8 aromatic rings. The van der Waals surface area contributed by atoms with E-state index in [1.54, 1.807) is 57.7 Å². The Hall–Kier alpha value is -7.79. The summed E-state index contributed by atoms with van der Waals surface area (Å²) in [6, 6.07) is 41.8. The van der Waals surface area contributed by atoms with E-state index in [9.17, 15) is 9.59 Å². The normalized spacial score (nSPS) is 13.9. The average Bonchev–Trinajstić information content (AvgIpc) is 3.42. The van der Waals surface area contributed by atoms with E-state index in [0.717, 1.165) is 121 Å². The molecule has 4 N–H and O–H groups in total. The topological polar surface area (TPSA) is 161 Å². The number of amides is 4. The van der Waals surface area contributed by atoms with E-state index >= 15 is 0 Å². The van der Waals surface area contributed by atoms with Gasteiger partial charge in [-0.15, -0.1) is 0 Å². The molecule has 0 bridgehead atoms. The van der Waals surface area contributed by atoms with Gasteiger partial charge in [0.2, 0.25) is 0 Å². The number of aromatic nitrogens is 2. The maximum atomic E-state index is 12.9. The lowest BCUT2D eigenvalue weighted by atomic mass is 9.98. The fourth-order valence-corrected chi connectivity index (χ4v) is 9.04. The van der Waals surface area contributed by atoms with Crippen LogP contribution in [0.15, 0.2) is 146 Å². The largest absolute Gasteiger partial charge is 0.497 e. The molecule has 15 nitrogen and oxygen atoms in total. The van der Waals surface area contributed by atoms with Crippen molar-refractivity contribution in [3.05, 3.63) is 162 Å². The van der Waals surface area contributed by atoms with Gasteiger partial charge in [0.1, 0.15) is 17.2 Å². The number of pyridine rings is 2. The number of fused-ring (bicyclic) bond motifs is 2. The molecule has 2 fully saturated rings. The van der Waals surface area contributed by atoms with E-state index in [0.29, 0.717) is 45.0 Å². The maximum absolute atomic E-state index is 12.9. The molecule has 0 aliphatic carbocycles. The monoisotopic (exact) mass is 1000 g/mol. The highest BCUT2D eigenvalue weighted by atomic mass is 35.5. The van der Waals surface area contributed by atoms with Gasteiger partial charge in [-0.1, -0.05) is 84.4 Å². The number of benzene rings is 6. The third kappa shape index (κ3) is 12.8. The molecule has 0 atom stereocenters. The van der Waals surface area contributed by atoms with E-state index in [1.807, 2.05) is 73.1 Å². The van der Waals surface area contributed by atoms with Crippen molar-refractivity contribution < 1.29 is 33.3 Å². The first-order valence-electron chi connectivity index (χ1n) is 24.0. The Morgan fingerprint density at radius 1 is 0.521 bits per heavy atom. The zero-order valence-corrected chi connectivity index (χ0v) is 41.7. The highest BCUT2D eigenvalue weighted by Crippen LogP contribution is 2.36. The summed E-state index contributed by atoms with van der Waals surface area (Å²) >= 11 is 6.09. The summed E-state index contributed by atoms with van der Waals surface area (Å²) in [6.07, 6.45) is 3.84. The summed E-state index contributed by atoms with van der Waals surface area (Å²) in [6.45, 7) is 8.46. The summed E-state index contributed by atoms with van der Waals surface area (Å²) in [5.74, 6) is 1.71. The number of hydrogen-bond donors (Lipinski definition) is 4. The van der Waals surface area contributed by atoms with Crippen molar-refractivity contribution in [2.75, 3.05) is 95.2 Å². The molecule has 0 saturated carbocycles. The van der Waals surface area contributed by atoms with Crippen molar-refractivity contribution in [3.8, 4) is 39.5 Å². The third-order valence-corrected chi connectivity index (χ3v) is 12.8. The zero-order chi connectivity index (χ0) is 50.5. The molecule has 2 aromatic heterocycles. The third-order valence-electron chi connectivity index (χ3n) is 12.6. The molecule has 6 aromatic carbocycles. The second kappa shape index (κ2) is 24.1. The number of halogens is 1. The van der Waals surface area contributed by atoms with Gasteiger partial charge in [-0.3, -0.25) is 19.8 Å².